The normalized spacial score (nSPS) is 17.9. The van der Waals surface area contributed by atoms with E-state index in [4.69, 9.17) is 0 Å². The Hall–Kier alpha value is -3.44. The highest BCUT2D eigenvalue weighted by atomic mass is 16.3. The van der Waals surface area contributed by atoms with Gasteiger partial charge in [0, 0.05) is 18.3 Å². The Bertz CT molecular complexity index is 1080. The standard InChI is InChI=1S/C24H22N2O3/c1-17-9-8-10-18(15-17)24(29)20-13-6-7-14-21(20)26(23(24)28)16-22(27)25(2)19-11-4-3-5-12-19/h3-15,29H,16H2,1-2H3/t24-/m1/s1. The zero-order valence-corrected chi connectivity index (χ0v) is 16.4. The van der Waals surface area contributed by atoms with Crippen LogP contribution >= 0.6 is 0 Å². The van der Waals surface area contributed by atoms with Gasteiger partial charge < -0.3 is 10.0 Å². The van der Waals surface area contributed by atoms with Gasteiger partial charge in [0.15, 0.2) is 5.60 Å². The molecule has 0 saturated carbocycles. The first-order valence-electron chi connectivity index (χ1n) is 9.45. The summed E-state index contributed by atoms with van der Waals surface area (Å²) in [6.07, 6.45) is 0. The molecule has 3 aromatic rings. The van der Waals surface area contributed by atoms with Crippen LogP contribution in [0.3, 0.4) is 0 Å². The van der Waals surface area contributed by atoms with Gasteiger partial charge in [-0.1, -0.05) is 66.2 Å². The number of rotatable bonds is 4. The average Bonchev–Trinajstić information content (AvgIpc) is 2.97. The molecule has 0 radical (unpaired) electrons. The number of para-hydroxylation sites is 2. The molecule has 1 aliphatic rings. The van der Waals surface area contributed by atoms with Gasteiger partial charge in [0.25, 0.3) is 5.91 Å². The summed E-state index contributed by atoms with van der Waals surface area (Å²) < 4.78 is 0. The number of carbonyl (C=O) groups is 2. The summed E-state index contributed by atoms with van der Waals surface area (Å²) in [6.45, 7) is 1.75. The lowest BCUT2D eigenvalue weighted by Gasteiger charge is -2.25. The molecule has 0 saturated heterocycles. The Kier molecular flexibility index (Phi) is 4.68. The van der Waals surface area contributed by atoms with Crippen LogP contribution in [0, 0.1) is 6.92 Å². The van der Waals surface area contributed by atoms with Gasteiger partial charge in [0.1, 0.15) is 6.54 Å². The lowest BCUT2D eigenvalue weighted by atomic mass is 9.87. The first-order chi connectivity index (χ1) is 13.9. The quantitative estimate of drug-likeness (QED) is 0.749. The maximum atomic E-state index is 13.4. The van der Waals surface area contributed by atoms with E-state index in [2.05, 4.69) is 0 Å². The highest BCUT2D eigenvalue weighted by Crippen LogP contribution is 2.44. The number of hydrogen-bond donors (Lipinski definition) is 1. The fourth-order valence-electron chi connectivity index (χ4n) is 3.78. The zero-order chi connectivity index (χ0) is 20.6. The largest absolute Gasteiger partial charge is 0.372 e. The van der Waals surface area contributed by atoms with Crippen LogP contribution in [0.15, 0.2) is 78.9 Å². The van der Waals surface area contributed by atoms with Crippen molar-refractivity contribution >= 4 is 23.2 Å². The van der Waals surface area contributed by atoms with Gasteiger partial charge >= 0.3 is 0 Å². The minimum absolute atomic E-state index is 0.157. The summed E-state index contributed by atoms with van der Waals surface area (Å²) in [5.41, 5.74) is 1.42. The third-order valence-corrected chi connectivity index (χ3v) is 5.39. The molecule has 0 aliphatic carbocycles. The van der Waals surface area contributed by atoms with Crippen molar-refractivity contribution in [3.8, 4) is 0 Å². The zero-order valence-electron chi connectivity index (χ0n) is 16.4. The molecule has 1 aliphatic heterocycles. The number of carbonyl (C=O) groups excluding carboxylic acids is 2. The number of nitrogens with zero attached hydrogens (tertiary/aromatic N) is 2. The topological polar surface area (TPSA) is 60.9 Å². The van der Waals surface area contributed by atoms with E-state index < -0.39 is 11.5 Å². The van der Waals surface area contributed by atoms with Gasteiger partial charge in [-0.15, -0.1) is 0 Å². The van der Waals surface area contributed by atoms with Gasteiger partial charge in [0.05, 0.1) is 5.69 Å². The number of fused-ring (bicyclic) bond motifs is 1. The first-order valence-corrected chi connectivity index (χ1v) is 9.45. The van der Waals surface area contributed by atoms with Gasteiger partial charge in [-0.05, 0) is 30.7 Å². The van der Waals surface area contributed by atoms with E-state index >= 15 is 0 Å². The van der Waals surface area contributed by atoms with Gasteiger partial charge in [0.2, 0.25) is 5.91 Å². The summed E-state index contributed by atoms with van der Waals surface area (Å²) >= 11 is 0. The number of likely N-dealkylation sites (N-methyl/N-ethyl adjacent to an activating group) is 1. The molecule has 0 fully saturated rings. The summed E-state index contributed by atoms with van der Waals surface area (Å²) in [7, 11) is 1.68. The molecule has 5 nitrogen and oxygen atoms in total. The molecule has 2 amide bonds. The molecule has 29 heavy (non-hydrogen) atoms. The van der Waals surface area contributed by atoms with Crippen LogP contribution in [0.2, 0.25) is 0 Å². The van der Waals surface area contributed by atoms with Crippen molar-refractivity contribution < 1.29 is 14.7 Å². The van der Waals surface area contributed by atoms with E-state index in [1.165, 1.54) is 9.80 Å². The Morgan fingerprint density at radius 1 is 1.00 bits per heavy atom. The molecule has 5 heteroatoms. The van der Waals surface area contributed by atoms with Crippen molar-refractivity contribution in [3.05, 3.63) is 95.6 Å². The number of anilines is 2. The van der Waals surface area contributed by atoms with Crippen LogP contribution in [0.25, 0.3) is 0 Å². The van der Waals surface area contributed by atoms with Gasteiger partial charge in [-0.2, -0.15) is 0 Å². The number of benzene rings is 3. The van der Waals surface area contributed by atoms with Crippen molar-refractivity contribution in [1.82, 2.24) is 0 Å². The van der Waals surface area contributed by atoms with Crippen molar-refractivity contribution in [2.24, 2.45) is 0 Å². The minimum atomic E-state index is -1.81. The molecule has 1 atom stereocenters. The van der Waals surface area contributed by atoms with E-state index in [0.717, 1.165) is 11.3 Å². The number of hydrogen-bond acceptors (Lipinski definition) is 3. The van der Waals surface area contributed by atoms with Crippen LogP contribution in [0.5, 0.6) is 0 Å². The molecule has 146 valence electrons. The lowest BCUT2D eigenvalue weighted by molar-refractivity contribution is -0.133. The monoisotopic (exact) mass is 386 g/mol. The van der Waals surface area contributed by atoms with Crippen molar-refractivity contribution in [3.63, 3.8) is 0 Å². The Morgan fingerprint density at radius 2 is 1.69 bits per heavy atom. The van der Waals surface area contributed by atoms with Crippen molar-refractivity contribution in [2.75, 3.05) is 23.4 Å². The summed E-state index contributed by atoms with van der Waals surface area (Å²) in [4.78, 5) is 29.2. The molecular formula is C24H22N2O3. The van der Waals surface area contributed by atoms with Crippen LogP contribution < -0.4 is 9.80 Å². The SMILES string of the molecule is Cc1cccc([C@]2(O)C(=O)N(CC(=O)N(C)c3ccccc3)c3ccccc32)c1. The highest BCUT2D eigenvalue weighted by molar-refractivity contribution is 6.12. The minimum Gasteiger partial charge on any atom is -0.372 e. The highest BCUT2D eigenvalue weighted by Gasteiger charge is 2.51. The Balaban J connectivity index is 1.71. The molecule has 0 spiro atoms. The van der Waals surface area contributed by atoms with E-state index in [9.17, 15) is 14.7 Å². The van der Waals surface area contributed by atoms with E-state index in [1.807, 2.05) is 49.4 Å². The second-order valence-corrected chi connectivity index (χ2v) is 7.28. The van der Waals surface area contributed by atoms with Crippen molar-refractivity contribution in [2.45, 2.75) is 12.5 Å². The molecule has 4 rings (SSSR count). The third-order valence-electron chi connectivity index (χ3n) is 5.39. The van der Waals surface area contributed by atoms with E-state index in [-0.39, 0.29) is 12.5 Å². The third kappa shape index (κ3) is 3.09. The Labute approximate surface area is 169 Å². The first kappa shape index (κ1) is 18.9. The molecule has 0 aromatic heterocycles. The van der Waals surface area contributed by atoms with E-state index in [1.54, 1.807) is 43.4 Å². The summed E-state index contributed by atoms with van der Waals surface area (Å²) in [6, 6.07) is 23.6. The van der Waals surface area contributed by atoms with Gasteiger partial charge in [-0.3, -0.25) is 14.5 Å². The fraction of sp³-hybridized carbons (Fsp3) is 0.167. The number of amides is 2. The predicted molar refractivity (Wildman–Crippen MR) is 113 cm³/mol. The second kappa shape index (κ2) is 7.18. The molecule has 0 unspecified atom stereocenters. The lowest BCUT2D eigenvalue weighted by Crippen LogP contribution is -2.45. The summed E-state index contributed by atoms with van der Waals surface area (Å²) in [5, 5.41) is 11.5. The van der Waals surface area contributed by atoms with Crippen molar-refractivity contribution in [1.29, 1.82) is 0 Å². The number of aryl methyl sites for hydroxylation is 1. The van der Waals surface area contributed by atoms with E-state index in [0.29, 0.717) is 16.8 Å². The van der Waals surface area contributed by atoms with Crippen LogP contribution in [0.1, 0.15) is 16.7 Å². The fourth-order valence-corrected chi connectivity index (χ4v) is 3.78. The summed E-state index contributed by atoms with van der Waals surface area (Å²) in [5.74, 6) is -0.757. The number of aliphatic hydroxyl groups is 1. The van der Waals surface area contributed by atoms with Crippen LogP contribution in [-0.2, 0) is 15.2 Å². The smallest absolute Gasteiger partial charge is 0.268 e. The van der Waals surface area contributed by atoms with Gasteiger partial charge in [-0.25, -0.2) is 0 Å². The molecule has 1 heterocycles. The Morgan fingerprint density at radius 3 is 2.41 bits per heavy atom. The average molecular weight is 386 g/mol. The maximum absolute atomic E-state index is 13.4. The molecule has 0 bridgehead atoms. The predicted octanol–water partition coefficient (Wildman–Crippen LogP) is 3.24. The molecule has 1 N–H and O–H groups in total. The maximum Gasteiger partial charge on any atom is 0.268 e. The van der Waals surface area contributed by atoms with Crippen LogP contribution in [0.4, 0.5) is 11.4 Å². The molecular weight excluding hydrogens is 364 g/mol. The van der Waals surface area contributed by atoms with Crippen LogP contribution in [-0.4, -0.2) is 30.5 Å². The second-order valence-electron chi connectivity index (χ2n) is 7.28. The molecule has 3 aromatic carbocycles.